The molecule has 1 aromatic carbocycles. The molecule has 18 heavy (non-hydrogen) atoms. The highest BCUT2D eigenvalue weighted by atomic mass is 32.2. The van der Waals surface area contributed by atoms with Crippen LogP contribution in [0.2, 0.25) is 0 Å². The maximum Gasteiger partial charge on any atom is 0.294 e. The van der Waals surface area contributed by atoms with Crippen LogP contribution >= 0.6 is 0 Å². The van der Waals surface area contributed by atoms with E-state index in [4.69, 9.17) is 9.66 Å². The van der Waals surface area contributed by atoms with Crippen LogP contribution in [0.3, 0.4) is 0 Å². The van der Waals surface area contributed by atoms with Gasteiger partial charge >= 0.3 is 0 Å². The van der Waals surface area contributed by atoms with Crippen LogP contribution in [0, 0.1) is 0 Å². The Morgan fingerprint density at radius 3 is 2.33 bits per heavy atom. The molecule has 0 saturated heterocycles. The minimum atomic E-state index is -4.23. The number of carbonyl (C=O) groups is 1. The lowest BCUT2D eigenvalue weighted by Crippen LogP contribution is -2.24. The van der Waals surface area contributed by atoms with Gasteiger partial charge in [-0.3, -0.25) is 9.35 Å². The van der Waals surface area contributed by atoms with E-state index in [1.165, 1.54) is 48.4 Å². The summed E-state index contributed by atoms with van der Waals surface area (Å²) in [5.41, 5.74) is 0.468. The van der Waals surface area contributed by atoms with Crippen molar-refractivity contribution in [1.82, 2.24) is 0 Å². The van der Waals surface area contributed by atoms with E-state index in [0.717, 1.165) is 0 Å². The summed E-state index contributed by atoms with van der Waals surface area (Å²) >= 11 is 0. The summed E-state index contributed by atoms with van der Waals surface area (Å²) in [4.78, 5) is 12.6. The Labute approximate surface area is 105 Å². The highest BCUT2D eigenvalue weighted by Crippen LogP contribution is 2.17. The van der Waals surface area contributed by atoms with Crippen LogP contribution in [0.15, 0.2) is 41.3 Å². The van der Waals surface area contributed by atoms with Gasteiger partial charge in [-0.15, -0.1) is 0 Å². The number of hydrogen-bond acceptors (Lipinski definition) is 4. The summed E-state index contributed by atoms with van der Waals surface area (Å²) < 4.78 is 30.4. The van der Waals surface area contributed by atoms with Gasteiger partial charge in [-0.2, -0.15) is 8.42 Å². The van der Waals surface area contributed by atoms with Crippen molar-refractivity contribution in [3.05, 3.63) is 36.4 Å². The van der Waals surface area contributed by atoms with Gasteiger partial charge in [0.1, 0.15) is 0 Å². The SMILES string of the molecule is CN(C(=O)/C=C\CO)c1ccc(S(=O)(=O)O)cc1. The van der Waals surface area contributed by atoms with Gasteiger partial charge < -0.3 is 10.0 Å². The van der Waals surface area contributed by atoms with Gasteiger partial charge in [0.2, 0.25) is 5.91 Å². The average Bonchev–Trinajstić information content (AvgIpc) is 2.34. The Hall–Kier alpha value is -1.70. The molecule has 0 aliphatic carbocycles. The third-order valence-electron chi connectivity index (χ3n) is 2.22. The van der Waals surface area contributed by atoms with Crippen LogP contribution in [0.4, 0.5) is 5.69 Å². The highest BCUT2D eigenvalue weighted by Gasteiger charge is 2.11. The van der Waals surface area contributed by atoms with E-state index in [2.05, 4.69) is 0 Å². The summed E-state index contributed by atoms with van der Waals surface area (Å²) in [6.45, 7) is -0.235. The molecule has 0 fully saturated rings. The summed E-state index contributed by atoms with van der Waals surface area (Å²) in [6, 6.07) is 5.19. The Bertz CT molecular complexity index is 547. The zero-order chi connectivity index (χ0) is 13.8. The number of aliphatic hydroxyl groups excluding tert-OH is 1. The molecule has 0 saturated carbocycles. The number of anilines is 1. The van der Waals surface area contributed by atoms with Crippen LogP contribution in [-0.4, -0.2) is 37.6 Å². The number of benzene rings is 1. The predicted octanol–water partition coefficient (Wildman–Crippen LogP) is 0.445. The smallest absolute Gasteiger partial charge is 0.294 e. The molecular weight excluding hydrogens is 258 g/mol. The molecule has 98 valence electrons. The molecule has 6 nitrogen and oxygen atoms in total. The van der Waals surface area contributed by atoms with Crippen LogP contribution in [-0.2, 0) is 14.9 Å². The molecule has 0 aromatic heterocycles. The minimum absolute atomic E-state index is 0.235. The molecule has 1 aromatic rings. The second-order valence-electron chi connectivity index (χ2n) is 3.45. The number of aliphatic hydroxyl groups is 1. The maximum atomic E-state index is 11.5. The Balaban J connectivity index is 2.92. The first-order chi connectivity index (χ1) is 8.36. The number of amides is 1. The minimum Gasteiger partial charge on any atom is -0.392 e. The lowest BCUT2D eigenvalue weighted by Gasteiger charge is -2.15. The Morgan fingerprint density at radius 2 is 1.89 bits per heavy atom. The van der Waals surface area contributed by atoms with Gasteiger partial charge in [0.25, 0.3) is 10.1 Å². The molecule has 1 amide bonds. The van der Waals surface area contributed by atoms with Crippen molar-refractivity contribution in [2.75, 3.05) is 18.6 Å². The fraction of sp³-hybridized carbons (Fsp3) is 0.182. The number of rotatable bonds is 4. The van der Waals surface area contributed by atoms with E-state index >= 15 is 0 Å². The van der Waals surface area contributed by atoms with Gasteiger partial charge in [-0.05, 0) is 24.3 Å². The normalized spacial score (nSPS) is 11.7. The van der Waals surface area contributed by atoms with Gasteiger partial charge in [0.15, 0.2) is 0 Å². The van der Waals surface area contributed by atoms with E-state index in [-0.39, 0.29) is 17.4 Å². The van der Waals surface area contributed by atoms with Crippen LogP contribution in [0.25, 0.3) is 0 Å². The van der Waals surface area contributed by atoms with E-state index in [9.17, 15) is 13.2 Å². The van der Waals surface area contributed by atoms with Crippen molar-refractivity contribution in [3.8, 4) is 0 Å². The predicted molar refractivity (Wildman–Crippen MR) is 65.9 cm³/mol. The summed E-state index contributed by atoms with van der Waals surface area (Å²) in [5, 5.41) is 8.54. The number of nitrogens with zero attached hydrogens (tertiary/aromatic N) is 1. The third kappa shape index (κ3) is 3.66. The Morgan fingerprint density at radius 1 is 1.33 bits per heavy atom. The third-order valence-corrected chi connectivity index (χ3v) is 3.09. The van der Waals surface area contributed by atoms with E-state index in [1.54, 1.807) is 0 Å². The second kappa shape index (κ2) is 5.76. The van der Waals surface area contributed by atoms with Gasteiger partial charge in [0.05, 0.1) is 11.5 Å². The molecular formula is C11H13NO5S. The first kappa shape index (κ1) is 14.4. The largest absolute Gasteiger partial charge is 0.392 e. The van der Waals surface area contributed by atoms with Crippen molar-refractivity contribution in [3.63, 3.8) is 0 Å². The lowest BCUT2D eigenvalue weighted by atomic mass is 10.3. The zero-order valence-electron chi connectivity index (χ0n) is 9.65. The number of likely N-dealkylation sites (N-methyl/N-ethyl adjacent to an activating group) is 1. The fourth-order valence-electron chi connectivity index (χ4n) is 1.23. The quantitative estimate of drug-likeness (QED) is 0.612. The molecule has 0 unspecified atom stereocenters. The maximum absolute atomic E-state index is 11.5. The van der Waals surface area contributed by atoms with Crippen LogP contribution < -0.4 is 4.90 Å². The summed E-state index contributed by atoms with van der Waals surface area (Å²) in [5.74, 6) is -0.358. The molecule has 1 rings (SSSR count). The molecule has 0 heterocycles. The zero-order valence-corrected chi connectivity index (χ0v) is 10.5. The standard InChI is InChI=1S/C11H13NO5S/c1-12(11(14)3-2-8-13)9-4-6-10(7-5-9)18(15,16)17/h2-7,13H,8H2,1H3,(H,15,16,17)/b3-2-. The highest BCUT2D eigenvalue weighted by molar-refractivity contribution is 7.85. The molecule has 0 atom stereocenters. The lowest BCUT2D eigenvalue weighted by molar-refractivity contribution is -0.113. The van der Waals surface area contributed by atoms with Crippen molar-refractivity contribution in [2.24, 2.45) is 0 Å². The van der Waals surface area contributed by atoms with Gasteiger partial charge in [-0.25, -0.2) is 0 Å². The average molecular weight is 271 g/mol. The first-order valence-electron chi connectivity index (χ1n) is 4.99. The van der Waals surface area contributed by atoms with E-state index in [1.807, 2.05) is 0 Å². The van der Waals surface area contributed by atoms with Crippen molar-refractivity contribution in [2.45, 2.75) is 4.90 Å². The molecule has 0 bridgehead atoms. The van der Waals surface area contributed by atoms with Crippen molar-refractivity contribution in [1.29, 1.82) is 0 Å². The fourth-order valence-corrected chi connectivity index (χ4v) is 1.71. The van der Waals surface area contributed by atoms with Crippen molar-refractivity contribution < 1.29 is 22.9 Å². The van der Waals surface area contributed by atoms with E-state index in [0.29, 0.717) is 5.69 Å². The first-order valence-corrected chi connectivity index (χ1v) is 6.43. The van der Waals surface area contributed by atoms with Crippen LogP contribution in [0.1, 0.15) is 0 Å². The monoisotopic (exact) mass is 271 g/mol. The summed E-state index contributed by atoms with van der Waals surface area (Å²) in [6.07, 6.45) is 2.50. The van der Waals surface area contributed by atoms with Crippen molar-refractivity contribution >= 4 is 21.7 Å². The number of carbonyl (C=O) groups excluding carboxylic acids is 1. The molecule has 2 N–H and O–H groups in total. The molecule has 7 heteroatoms. The second-order valence-corrected chi connectivity index (χ2v) is 4.87. The molecule has 0 spiro atoms. The van der Waals surface area contributed by atoms with Gasteiger partial charge in [-0.1, -0.05) is 6.08 Å². The molecule has 0 radical (unpaired) electrons. The summed E-state index contributed by atoms with van der Waals surface area (Å²) in [7, 11) is -2.72. The van der Waals surface area contributed by atoms with E-state index < -0.39 is 10.1 Å². The molecule has 0 aliphatic heterocycles. The van der Waals surface area contributed by atoms with Gasteiger partial charge in [0, 0.05) is 18.8 Å². The van der Waals surface area contributed by atoms with Crippen LogP contribution in [0.5, 0.6) is 0 Å². The molecule has 0 aliphatic rings. The Kier molecular flexibility index (Phi) is 4.60. The topological polar surface area (TPSA) is 94.9 Å². The number of hydrogen-bond donors (Lipinski definition) is 2.